The summed E-state index contributed by atoms with van der Waals surface area (Å²) in [5, 5.41) is 0. The van der Waals surface area contributed by atoms with Crippen LogP contribution in [0, 0.1) is 5.92 Å². The Morgan fingerprint density at radius 2 is 0.734 bits per heavy atom. The van der Waals surface area contributed by atoms with E-state index in [0.717, 1.165) is 27.8 Å². The highest BCUT2D eigenvalue weighted by atomic mass is 16.6. The molecule has 3 atom stereocenters. The summed E-state index contributed by atoms with van der Waals surface area (Å²) in [4.78, 5) is 67.0. The molecule has 0 fully saturated rings. The van der Waals surface area contributed by atoms with Crippen LogP contribution >= 0.6 is 0 Å². The number of carbonyl (C=O) groups excluding carboxylic acids is 6. The van der Waals surface area contributed by atoms with Crippen LogP contribution in [0.3, 0.4) is 0 Å². The summed E-state index contributed by atoms with van der Waals surface area (Å²) in [5.74, 6) is -0.256. The SMILES string of the molecule is CC(=O)Oc1ccc(C(OC(C)=O)c2ccccc2)cc1.COc1cc(C(OC(C)=O)C(C)C)ccc1OC(C)=O.COc1cc(C(OC(C)=O)c2ccccc2)ccc1OC(C)=O. The highest BCUT2D eigenvalue weighted by molar-refractivity contribution is 5.72. The largest absolute Gasteiger partial charge is 0.493 e. The smallest absolute Gasteiger partial charge is 0.308 e. The third-order valence-corrected chi connectivity index (χ3v) is 8.63. The summed E-state index contributed by atoms with van der Waals surface area (Å²) in [6.07, 6.45) is -1.41. The van der Waals surface area contributed by atoms with E-state index in [1.165, 1.54) is 55.8 Å². The molecule has 14 heteroatoms. The number of rotatable bonds is 14. The van der Waals surface area contributed by atoms with Gasteiger partial charge in [0.1, 0.15) is 11.9 Å². The van der Waals surface area contributed by atoms with E-state index in [9.17, 15) is 28.8 Å². The molecule has 0 saturated heterocycles. The number of methoxy groups -OCH3 is 2. The highest BCUT2D eigenvalue weighted by Gasteiger charge is 2.22. The Morgan fingerprint density at radius 1 is 0.375 bits per heavy atom. The molecule has 5 aromatic rings. The molecule has 0 spiro atoms. The molecule has 0 aliphatic heterocycles. The van der Waals surface area contributed by atoms with Gasteiger partial charge >= 0.3 is 35.8 Å². The lowest BCUT2D eigenvalue weighted by molar-refractivity contribution is -0.149. The first kappa shape index (κ1) is 50.9. The van der Waals surface area contributed by atoms with Gasteiger partial charge in [-0.2, -0.15) is 0 Å². The molecule has 0 aromatic heterocycles. The Hall–Kier alpha value is -7.48. The molecule has 14 nitrogen and oxygen atoms in total. The van der Waals surface area contributed by atoms with E-state index in [4.69, 9.17) is 37.9 Å². The molecular formula is C50H54O14. The van der Waals surface area contributed by atoms with Crippen LogP contribution in [0.25, 0.3) is 0 Å². The van der Waals surface area contributed by atoms with E-state index >= 15 is 0 Å². The quantitative estimate of drug-likeness (QED) is 0.0586. The summed E-state index contributed by atoms with van der Waals surface area (Å²) < 4.78 is 41.7. The van der Waals surface area contributed by atoms with E-state index in [1.54, 1.807) is 60.7 Å². The fourth-order valence-corrected chi connectivity index (χ4v) is 6.08. The number of carbonyl (C=O) groups is 6. The van der Waals surface area contributed by atoms with Gasteiger partial charge < -0.3 is 37.9 Å². The van der Waals surface area contributed by atoms with Gasteiger partial charge in [0.05, 0.1) is 14.2 Å². The highest BCUT2D eigenvalue weighted by Crippen LogP contribution is 2.36. The minimum Gasteiger partial charge on any atom is -0.493 e. The van der Waals surface area contributed by atoms with Crippen LogP contribution in [0.5, 0.6) is 28.7 Å². The average molecular weight is 879 g/mol. The van der Waals surface area contributed by atoms with Crippen molar-refractivity contribution in [2.75, 3.05) is 14.2 Å². The van der Waals surface area contributed by atoms with Crippen LogP contribution in [0.1, 0.15) is 102 Å². The summed E-state index contributed by atoms with van der Waals surface area (Å²) in [6.45, 7) is 12.0. The van der Waals surface area contributed by atoms with E-state index in [0.29, 0.717) is 28.7 Å². The Bertz CT molecular complexity index is 2320. The van der Waals surface area contributed by atoms with Crippen molar-refractivity contribution in [3.8, 4) is 28.7 Å². The van der Waals surface area contributed by atoms with Crippen molar-refractivity contribution < 1.29 is 66.7 Å². The summed E-state index contributed by atoms with van der Waals surface area (Å²) in [5.41, 5.74) is 4.05. The first-order valence-corrected chi connectivity index (χ1v) is 20.0. The van der Waals surface area contributed by atoms with Gasteiger partial charge in [0, 0.05) is 47.1 Å². The minimum atomic E-state index is -0.561. The Kier molecular flexibility index (Phi) is 20.2. The third kappa shape index (κ3) is 16.8. The lowest BCUT2D eigenvalue weighted by Gasteiger charge is -2.22. The van der Waals surface area contributed by atoms with Crippen molar-refractivity contribution in [2.24, 2.45) is 5.92 Å². The van der Waals surface area contributed by atoms with Gasteiger partial charge in [0.2, 0.25) is 0 Å². The fourth-order valence-electron chi connectivity index (χ4n) is 6.08. The molecule has 0 radical (unpaired) electrons. The zero-order valence-electron chi connectivity index (χ0n) is 37.6. The molecule has 0 N–H and O–H groups in total. The predicted molar refractivity (Wildman–Crippen MR) is 236 cm³/mol. The second-order valence-electron chi connectivity index (χ2n) is 14.2. The second-order valence-corrected chi connectivity index (χ2v) is 14.2. The molecule has 64 heavy (non-hydrogen) atoms. The van der Waals surface area contributed by atoms with Crippen LogP contribution in [0.2, 0.25) is 0 Å². The first-order valence-electron chi connectivity index (χ1n) is 20.0. The van der Waals surface area contributed by atoms with Gasteiger partial charge in [0.15, 0.2) is 35.2 Å². The second kappa shape index (κ2) is 25.5. The molecule has 5 aromatic carbocycles. The Morgan fingerprint density at radius 3 is 1.11 bits per heavy atom. The van der Waals surface area contributed by atoms with Gasteiger partial charge in [-0.05, 0) is 64.6 Å². The normalized spacial score (nSPS) is 11.6. The van der Waals surface area contributed by atoms with Gasteiger partial charge in [-0.15, -0.1) is 0 Å². The van der Waals surface area contributed by atoms with Gasteiger partial charge in [-0.3, -0.25) is 28.8 Å². The molecule has 0 amide bonds. The topological polar surface area (TPSA) is 176 Å². The Balaban J connectivity index is 0.000000256. The number of esters is 6. The van der Waals surface area contributed by atoms with Crippen molar-refractivity contribution in [1.82, 2.24) is 0 Å². The number of hydrogen-bond acceptors (Lipinski definition) is 14. The molecule has 0 bridgehead atoms. The third-order valence-electron chi connectivity index (χ3n) is 8.63. The standard InChI is InChI=1S/C18H18O5.C17H16O4.C15H20O5/c1-12(19)22-16-10-9-15(11-17(16)21-3)18(23-13(2)20)14-7-5-4-6-8-14;1-12(18)20-16-10-8-15(9-11-16)17(21-13(2)19)14-6-4-3-5-7-14;1-9(2)15(20-11(4)17)12-6-7-13(19-10(3)16)14(8-12)18-5/h4-11,18H,1-3H3;3-11,17H,1-2H3;6-9,15H,1-5H3. The molecule has 0 aliphatic rings. The fraction of sp³-hybridized carbons (Fsp3) is 0.280. The number of benzene rings is 5. The van der Waals surface area contributed by atoms with E-state index in [1.807, 2.05) is 74.5 Å². The zero-order valence-corrected chi connectivity index (χ0v) is 37.6. The molecule has 0 heterocycles. The van der Waals surface area contributed by atoms with Gasteiger partial charge in [0.25, 0.3) is 0 Å². The van der Waals surface area contributed by atoms with Gasteiger partial charge in [-0.1, -0.05) is 98.8 Å². The Labute approximate surface area is 373 Å². The molecule has 0 aliphatic carbocycles. The number of hydrogen-bond donors (Lipinski definition) is 0. The minimum absolute atomic E-state index is 0.114. The maximum Gasteiger partial charge on any atom is 0.308 e. The van der Waals surface area contributed by atoms with Crippen LogP contribution in [0.15, 0.2) is 121 Å². The first-order chi connectivity index (χ1) is 30.4. The molecule has 3 unspecified atom stereocenters. The summed E-state index contributed by atoms with van der Waals surface area (Å²) >= 11 is 0. The van der Waals surface area contributed by atoms with Crippen LogP contribution < -0.4 is 23.7 Å². The van der Waals surface area contributed by atoms with Crippen molar-refractivity contribution in [1.29, 1.82) is 0 Å². The van der Waals surface area contributed by atoms with E-state index in [2.05, 4.69) is 0 Å². The van der Waals surface area contributed by atoms with Crippen LogP contribution in [0.4, 0.5) is 0 Å². The van der Waals surface area contributed by atoms with E-state index < -0.39 is 24.1 Å². The lowest BCUT2D eigenvalue weighted by Crippen LogP contribution is -2.14. The summed E-state index contributed by atoms with van der Waals surface area (Å²) in [6, 6.07) is 35.9. The lowest BCUT2D eigenvalue weighted by atomic mass is 9.98. The van der Waals surface area contributed by atoms with Gasteiger partial charge in [-0.25, -0.2) is 0 Å². The molecular weight excluding hydrogens is 825 g/mol. The molecule has 338 valence electrons. The van der Waals surface area contributed by atoms with Crippen LogP contribution in [-0.4, -0.2) is 50.0 Å². The molecule has 5 rings (SSSR count). The van der Waals surface area contributed by atoms with Crippen molar-refractivity contribution >= 4 is 35.8 Å². The van der Waals surface area contributed by atoms with Crippen molar-refractivity contribution in [3.05, 3.63) is 149 Å². The van der Waals surface area contributed by atoms with Crippen LogP contribution in [-0.2, 0) is 43.0 Å². The van der Waals surface area contributed by atoms with Crippen molar-refractivity contribution in [2.45, 2.75) is 73.7 Å². The monoisotopic (exact) mass is 878 g/mol. The van der Waals surface area contributed by atoms with E-state index in [-0.39, 0.29) is 35.9 Å². The average Bonchev–Trinajstić information content (AvgIpc) is 3.25. The maximum atomic E-state index is 11.4. The molecule has 0 saturated carbocycles. The summed E-state index contributed by atoms with van der Waals surface area (Å²) in [7, 11) is 2.97. The number of ether oxygens (including phenoxy) is 8. The predicted octanol–water partition coefficient (Wildman–Crippen LogP) is 9.42. The maximum absolute atomic E-state index is 11.4. The van der Waals surface area contributed by atoms with Crippen molar-refractivity contribution in [3.63, 3.8) is 0 Å². The zero-order chi connectivity index (χ0) is 47.3.